The Hall–Kier alpha value is -3.42. The highest BCUT2D eigenvalue weighted by Gasteiger charge is 2.16. The lowest BCUT2D eigenvalue weighted by Crippen LogP contribution is -2.37. The Morgan fingerprint density at radius 3 is 2.20 bits per heavy atom. The zero-order valence-electron chi connectivity index (χ0n) is 17.3. The van der Waals surface area contributed by atoms with Crippen molar-refractivity contribution in [2.75, 3.05) is 17.2 Å². The van der Waals surface area contributed by atoms with Crippen molar-refractivity contribution in [3.05, 3.63) is 59.9 Å². The molecular formula is C22H26FN3O4. The zero-order valence-corrected chi connectivity index (χ0v) is 17.3. The van der Waals surface area contributed by atoms with Gasteiger partial charge >= 0.3 is 6.09 Å². The molecule has 2 aromatic carbocycles. The third-order valence-corrected chi connectivity index (χ3v) is 3.75. The molecule has 30 heavy (non-hydrogen) atoms. The van der Waals surface area contributed by atoms with E-state index in [4.69, 9.17) is 4.74 Å². The van der Waals surface area contributed by atoms with E-state index in [9.17, 15) is 18.8 Å². The lowest BCUT2D eigenvalue weighted by atomic mass is 10.1. The first-order valence-electron chi connectivity index (χ1n) is 9.52. The summed E-state index contributed by atoms with van der Waals surface area (Å²) in [5.74, 6) is -0.998. The van der Waals surface area contributed by atoms with Gasteiger partial charge in [-0.2, -0.15) is 0 Å². The fourth-order valence-corrected chi connectivity index (χ4v) is 2.52. The van der Waals surface area contributed by atoms with Gasteiger partial charge in [0.05, 0.1) is 0 Å². The van der Waals surface area contributed by atoms with Crippen LogP contribution < -0.4 is 16.0 Å². The molecule has 0 unspecified atom stereocenters. The maximum absolute atomic E-state index is 13.2. The molecule has 0 fully saturated rings. The molecule has 0 aliphatic rings. The van der Waals surface area contributed by atoms with E-state index in [0.29, 0.717) is 17.8 Å². The van der Waals surface area contributed by atoms with Crippen LogP contribution in [0.1, 0.15) is 32.8 Å². The molecule has 0 saturated carbocycles. The smallest absolute Gasteiger partial charge is 0.408 e. The van der Waals surface area contributed by atoms with Gasteiger partial charge in [-0.1, -0.05) is 18.2 Å². The summed E-state index contributed by atoms with van der Waals surface area (Å²) in [6.45, 7) is 4.93. The lowest BCUT2D eigenvalue weighted by Gasteiger charge is -2.19. The molecule has 0 bridgehead atoms. The Kier molecular flexibility index (Phi) is 7.91. The van der Waals surface area contributed by atoms with Gasteiger partial charge in [-0.15, -0.1) is 0 Å². The Morgan fingerprint density at radius 2 is 1.57 bits per heavy atom. The molecule has 0 aliphatic heterocycles. The molecule has 2 aromatic rings. The largest absolute Gasteiger partial charge is 0.444 e. The second-order valence-electron chi connectivity index (χ2n) is 7.66. The van der Waals surface area contributed by atoms with Gasteiger partial charge in [0, 0.05) is 17.8 Å². The van der Waals surface area contributed by atoms with Gasteiger partial charge in [-0.3, -0.25) is 9.59 Å². The van der Waals surface area contributed by atoms with Crippen molar-refractivity contribution in [2.45, 2.75) is 39.2 Å². The third kappa shape index (κ3) is 8.72. The molecule has 0 saturated heterocycles. The van der Waals surface area contributed by atoms with Crippen molar-refractivity contribution in [2.24, 2.45) is 0 Å². The summed E-state index contributed by atoms with van der Waals surface area (Å²) in [7, 11) is 0. The summed E-state index contributed by atoms with van der Waals surface area (Å²) in [6, 6.07) is 12.7. The first-order valence-corrected chi connectivity index (χ1v) is 9.52. The molecule has 160 valence electrons. The van der Waals surface area contributed by atoms with Crippen molar-refractivity contribution < 1.29 is 23.5 Å². The van der Waals surface area contributed by atoms with E-state index in [0.717, 1.165) is 5.56 Å². The van der Waals surface area contributed by atoms with Crippen molar-refractivity contribution in [3.63, 3.8) is 0 Å². The number of aryl methyl sites for hydroxylation is 1. The van der Waals surface area contributed by atoms with Crippen molar-refractivity contribution in [1.82, 2.24) is 5.32 Å². The second kappa shape index (κ2) is 10.4. The van der Waals surface area contributed by atoms with Gasteiger partial charge in [-0.25, -0.2) is 9.18 Å². The predicted octanol–water partition coefficient (Wildman–Crippen LogP) is 3.86. The molecule has 0 heterocycles. The zero-order chi connectivity index (χ0) is 22.1. The van der Waals surface area contributed by atoms with Crippen LogP contribution in [0, 0.1) is 5.82 Å². The number of carbonyl (C=O) groups is 3. The first-order chi connectivity index (χ1) is 14.1. The second-order valence-corrected chi connectivity index (χ2v) is 7.66. The van der Waals surface area contributed by atoms with Gasteiger partial charge in [0.1, 0.15) is 18.0 Å². The highest BCUT2D eigenvalue weighted by Crippen LogP contribution is 2.16. The van der Waals surface area contributed by atoms with Gasteiger partial charge in [0.15, 0.2) is 0 Å². The SMILES string of the molecule is CC(C)(C)OC(=O)NCC(=O)Nc1cccc(NC(=O)CCc2cccc(F)c2)c1. The minimum atomic E-state index is -0.683. The number of ether oxygens (including phenoxy) is 1. The normalized spacial score (nSPS) is 10.8. The molecule has 2 rings (SSSR count). The molecular weight excluding hydrogens is 389 g/mol. The molecule has 0 radical (unpaired) electrons. The molecule has 0 aromatic heterocycles. The molecule has 3 amide bonds. The van der Waals surface area contributed by atoms with Crippen LogP contribution in [0.3, 0.4) is 0 Å². The fraction of sp³-hybridized carbons (Fsp3) is 0.318. The van der Waals surface area contributed by atoms with Crippen molar-refractivity contribution in [3.8, 4) is 0 Å². The molecule has 0 atom stereocenters. The number of halogens is 1. The molecule has 0 spiro atoms. The average molecular weight is 415 g/mol. The summed E-state index contributed by atoms with van der Waals surface area (Å²) < 4.78 is 18.3. The highest BCUT2D eigenvalue weighted by atomic mass is 19.1. The number of benzene rings is 2. The number of alkyl carbamates (subject to hydrolysis) is 1. The van der Waals surface area contributed by atoms with E-state index in [1.807, 2.05) is 0 Å². The third-order valence-electron chi connectivity index (χ3n) is 3.75. The standard InChI is InChI=1S/C22H26FN3O4/c1-22(2,3)30-21(29)24-14-20(28)26-18-9-5-8-17(13-18)25-19(27)11-10-15-6-4-7-16(23)12-15/h4-9,12-13H,10-11,14H2,1-3H3,(H,24,29)(H,25,27)(H,26,28). The first kappa shape index (κ1) is 22.9. The van der Waals surface area contributed by atoms with Crippen LogP contribution in [0.25, 0.3) is 0 Å². The number of amides is 3. The van der Waals surface area contributed by atoms with Gasteiger partial charge in [0.2, 0.25) is 11.8 Å². The summed E-state index contributed by atoms with van der Waals surface area (Å²) in [5, 5.41) is 7.75. The topological polar surface area (TPSA) is 96.5 Å². The number of nitrogens with one attached hydrogen (secondary N) is 3. The summed E-state index contributed by atoms with van der Waals surface area (Å²) >= 11 is 0. The van der Waals surface area contributed by atoms with Crippen LogP contribution in [0.2, 0.25) is 0 Å². The quantitative estimate of drug-likeness (QED) is 0.640. The van der Waals surface area contributed by atoms with Crippen molar-refractivity contribution in [1.29, 1.82) is 0 Å². The summed E-state index contributed by atoms with van der Waals surface area (Å²) in [6.07, 6.45) is -0.0760. The highest BCUT2D eigenvalue weighted by molar-refractivity contribution is 5.95. The minimum absolute atomic E-state index is 0.194. The Balaban J connectivity index is 1.81. The van der Waals surface area contributed by atoms with Crippen LogP contribution in [-0.2, 0) is 20.7 Å². The minimum Gasteiger partial charge on any atom is -0.444 e. The van der Waals surface area contributed by atoms with E-state index < -0.39 is 17.6 Å². The van der Waals surface area contributed by atoms with Crippen molar-refractivity contribution >= 4 is 29.3 Å². The number of anilines is 2. The maximum atomic E-state index is 13.2. The van der Waals surface area contributed by atoms with E-state index in [1.165, 1.54) is 12.1 Å². The van der Waals surface area contributed by atoms with E-state index >= 15 is 0 Å². The Labute approximate surface area is 175 Å². The summed E-state index contributed by atoms with van der Waals surface area (Å²) in [4.78, 5) is 35.7. The maximum Gasteiger partial charge on any atom is 0.408 e. The van der Waals surface area contributed by atoms with Crippen LogP contribution in [0.4, 0.5) is 20.6 Å². The van der Waals surface area contributed by atoms with E-state index in [2.05, 4.69) is 16.0 Å². The average Bonchev–Trinajstić information content (AvgIpc) is 2.64. The Morgan fingerprint density at radius 1 is 0.933 bits per heavy atom. The number of rotatable bonds is 7. The number of hydrogen-bond donors (Lipinski definition) is 3. The lowest BCUT2D eigenvalue weighted by molar-refractivity contribution is -0.116. The van der Waals surface area contributed by atoms with Gasteiger partial charge in [0.25, 0.3) is 0 Å². The van der Waals surface area contributed by atoms with Crippen LogP contribution >= 0.6 is 0 Å². The van der Waals surface area contributed by atoms with Crippen LogP contribution in [0.5, 0.6) is 0 Å². The monoisotopic (exact) mass is 415 g/mol. The molecule has 7 nitrogen and oxygen atoms in total. The van der Waals surface area contributed by atoms with Gasteiger partial charge in [-0.05, 0) is 63.1 Å². The summed E-state index contributed by atoms with van der Waals surface area (Å²) in [5.41, 5.74) is 1.07. The Bertz CT molecular complexity index is 909. The molecule has 0 aliphatic carbocycles. The predicted molar refractivity (Wildman–Crippen MR) is 113 cm³/mol. The molecule has 3 N–H and O–H groups in total. The van der Waals surface area contributed by atoms with Gasteiger partial charge < -0.3 is 20.7 Å². The fourth-order valence-electron chi connectivity index (χ4n) is 2.52. The number of hydrogen-bond acceptors (Lipinski definition) is 4. The van der Waals surface area contributed by atoms with E-state index in [1.54, 1.807) is 57.2 Å². The number of carbonyl (C=O) groups excluding carboxylic acids is 3. The van der Waals surface area contributed by atoms with Crippen LogP contribution in [0.15, 0.2) is 48.5 Å². The van der Waals surface area contributed by atoms with Crippen LogP contribution in [-0.4, -0.2) is 30.1 Å². The van der Waals surface area contributed by atoms with E-state index in [-0.39, 0.29) is 24.7 Å². The molecule has 8 heteroatoms.